The summed E-state index contributed by atoms with van der Waals surface area (Å²) in [6.07, 6.45) is 4.17. The van der Waals surface area contributed by atoms with Gasteiger partial charge in [0.05, 0.1) is 6.10 Å². The maximum Gasteiger partial charge on any atom is 0.0693 e. The topological polar surface area (TPSA) is 32.3 Å². The first kappa shape index (κ1) is 11.1. The lowest BCUT2D eigenvalue weighted by Crippen LogP contribution is -2.42. The van der Waals surface area contributed by atoms with E-state index >= 15 is 0 Å². The lowest BCUT2D eigenvalue weighted by molar-refractivity contribution is 0.144. The molecular formula is C12H19NOS. The third-order valence-corrected chi connectivity index (χ3v) is 3.83. The van der Waals surface area contributed by atoms with E-state index in [4.69, 9.17) is 0 Å². The van der Waals surface area contributed by atoms with E-state index in [1.807, 2.05) is 0 Å². The van der Waals surface area contributed by atoms with Gasteiger partial charge < -0.3 is 10.4 Å². The minimum Gasteiger partial charge on any atom is -0.392 e. The van der Waals surface area contributed by atoms with Gasteiger partial charge in [-0.3, -0.25) is 0 Å². The third-order valence-electron chi connectivity index (χ3n) is 3.10. The van der Waals surface area contributed by atoms with Crippen LogP contribution >= 0.6 is 11.3 Å². The minimum atomic E-state index is -0.130. The highest BCUT2D eigenvalue weighted by molar-refractivity contribution is 7.07. The average molecular weight is 225 g/mol. The Morgan fingerprint density at radius 1 is 1.60 bits per heavy atom. The van der Waals surface area contributed by atoms with Crippen LogP contribution in [0.25, 0.3) is 0 Å². The quantitative estimate of drug-likeness (QED) is 0.823. The highest BCUT2D eigenvalue weighted by atomic mass is 32.1. The molecule has 1 aromatic heterocycles. The second-order valence-corrected chi connectivity index (χ2v) is 5.29. The van der Waals surface area contributed by atoms with Crippen LogP contribution < -0.4 is 5.32 Å². The van der Waals surface area contributed by atoms with Crippen molar-refractivity contribution in [2.24, 2.45) is 0 Å². The van der Waals surface area contributed by atoms with Crippen molar-refractivity contribution in [1.29, 1.82) is 0 Å². The van der Waals surface area contributed by atoms with Gasteiger partial charge in [0.1, 0.15) is 0 Å². The van der Waals surface area contributed by atoms with E-state index in [-0.39, 0.29) is 6.10 Å². The Bertz CT molecular complexity index is 286. The van der Waals surface area contributed by atoms with Crippen LogP contribution in [0.5, 0.6) is 0 Å². The Hall–Kier alpha value is -0.380. The molecule has 15 heavy (non-hydrogen) atoms. The van der Waals surface area contributed by atoms with E-state index in [0.717, 1.165) is 25.7 Å². The predicted molar refractivity (Wildman–Crippen MR) is 64.3 cm³/mol. The minimum absolute atomic E-state index is 0.130. The zero-order chi connectivity index (χ0) is 10.7. The van der Waals surface area contributed by atoms with E-state index in [0.29, 0.717) is 12.1 Å². The van der Waals surface area contributed by atoms with Gasteiger partial charge in [0.25, 0.3) is 0 Å². The zero-order valence-corrected chi connectivity index (χ0v) is 9.96. The monoisotopic (exact) mass is 225 g/mol. The summed E-state index contributed by atoms with van der Waals surface area (Å²) >= 11 is 1.75. The van der Waals surface area contributed by atoms with Gasteiger partial charge in [-0.2, -0.15) is 11.3 Å². The summed E-state index contributed by atoms with van der Waals surface area (Å²) < 4.78 is 0. The van der Waals surface area contributed by atoms with E-state index in [2.05, 4.69) is 29.1 Å². The van der Waals surface area contributed by atoms with Crippen molar-refractivity contribution in [1.82, 2.24) is 5.32 Å². The molecule has 0 spiro atoms. The van der Waals surface area contributed by atoms with Crippen LogP contribution in [0.2, 0.25) is 0 Å². The van der Waals surface area contributed by atoms with E-state index < -0.39 is 0 Å². The molecule has 0 radical (unpaired) electrons. The molecule has 1 aromatic rings. The van der Waals surface area contributed by atoms with Crippen LogP contribution in [0.3, 0.4) is 0 Å². The average Bonchev–Trinajstić information content (AvgIpc) is 2.79. The van der Waals surface area contributed by atoms with Gasteiger partial charge in [-0.15, -0.1) is 0 Å². The van der Waals surface area contributed by atoms with Gasteiger partial charge in [-0.05, 0) is 55.0 Å². The first-order chi connectivity index (χ1) is 7.25. The zero-order valence-electron chi connectivity index (χ0n) is 9.15. The molecule has 1 unspecified atom stereocenters. The first-order valence-corrected chi connectivity index (χ1v) is 6.65. The van der Waals surface area contributed by atoms with Crippen LogP contribution in [-0.2, 0) is 6.42 Å². The molecule has 1 aliphatic rings. The molecular weight excluding hydrogens is 206 g/mol. The summed E-state index contributed by atoms with van der Waals surface area (Å²) in [5.41, 5.74) is 1.40. The van der Waals surface area contributed by atoms with E-state index in [9.17, 15) is 5.11 Å². The van der Waals surface area contributed by atoms with E-state index in [1.165, 1.54) is 5.56 Å². The second-order valence-electron chi connectivity index (χ2n) is 4.51. The van der Waals surface area contributed by atoms with Crippen molar-refractivity contribution in [3.8, 4) is 0 Å². The van der Waals surface area contributed by atoms with Crippen molar-refractivity contribution >= 4 is 11.3 Å². The van der Waals surface area contributed by atoms with Crippen LogP contribution in [0.4, 0.5) is 0 Å². The van der Waals surface area contributed by atoms with Crippen molar-refractivity contribution in [3.63, 3.8) is 0 Å². The fourth-order valence-electron chi connectivity index (χ4n) is 2.32. The van der Waals surface area contributed by atoms with Crippen LogP contribution in [0, 0.1) is 0 Å². The molecule has 3 heteroatoms. The Balaban J connectivity index is 1.79. The van der Waals surface area contributed by atoms with Crippen LogP contribution in [0.1, 0.15) is 31.7 Å². The highest BCUT2D eigenvalue weighted by Gasteiger charge is 2.25. The molecule has 1 fully saturated rings. The highest BCUT2D eigenvalue weighted by Crippen LogP contribution is 2.19. The fourth-order valence-corrected chi connectivity index (χ4v) is 3.00. The van der Waals surface area contributed by atoms with Gasteiger partial charge in [-0.25, -0.2) is 0 Å². The van der Waals surface area contributed by atoms with Crippen LogP contribution in [0.15, 0.2) is 16.8 Å². The molecule has 1 saturated carbocycles. The summed E-state index contributed by atoms with van der Waals surface area (Å²) in [6.45, 7) is 2.20. The molecule has 1 heterocycles. The van der Waals surface area contributed by atoms with Crippen molar-refractivity contribution in [2.75, 3.05) is 0 Å². The molecule has 2 nitrogen and oxygen atoms in total. The maximum atomic E-state index is 9.70. The van der Waals surface area contributed by atoms with Gasteiger partial charge in [0.15, 0.2) is 0 Å². The van der Waals surface area contributed by atoms with E-state index in [1.54, 1.807) is 11.3 Å². The number of hydrogen-bond acceptors (Lipinski definition) is 3. The third kappa shape index (κ3) is 3.03. The molecule has 0 amide bonds. The summed E-state index contributed by atoms with van der Waals surface area (Å²) in [7, 11) is 0. The Morgan fingerprint density at radius 3 is 3.07 bits per heavy atom. The number of aliphatic hydroxyl groups excluding tert-OH is 1. The standard InChI is InChI=1S/C12H19NOS/c1-9(7-10-5-6-15-8-10)13-11-3-2-4-12(11)14/h5-6,8-9,11-14H,2-4,7H2,1H3/t9?,11-,12-/m1/s1. The summed E-state index contributed by atoms with van der Waals surface area (Å²) in [4.78, 5) is 0. The van der Waals surface area contributed by atoms with Crippen molar-refractivity contribution < 1.29 is 5.11 Å². The van der Waals surface area contributed by atoms with Crippen molar-refractivity contribution in [3.05, 3.63) is 22.4 Å². The molecule has 2 rings (SSSR count). The molecule has 2 N–H and O–H groups in total. The normalized spacial score (nSPS) is 28.1. The van der Waals surface area contributed by atoms with Gasteiger partial charge in [0.2, 0.25) is 0 Å². The lowest BCUT2D eigenvalue weighted by Gasteiger charge is -2.21. The molecule has 1 aliphatic carbocycles. The number of nitrogens with one attached hydrogen (secondary N) is 1. The van der Waals surface area contributed by atoms with Gasteiger partial charge >= 0.3 is 0 Å². The lowest BCUT2D eigenvalue weighted by atomic mass is 10.1. The Labute approximate surface area is 95.3 Å². The molecule has 84 valence electrons. The van der Waals surface area contributed by atoms with Crippen molar-refractivity contribution in [2.45, 2.75) is 50.8 Å². The largest absolute Gasteiger partial charge is 0.392 e. The fraction of sp³-hybridized carbons (Fsp3) is 0.667. The number of aliphatic hydroxyl groups is 1. The molecule has 0 bridgehead atoms. The summed E-state index contributed by atoms with van der Waals surface area (Å²) in [6, 6.07) is 2.95. The molecule has 0 aliphatic heterocycles. The van der Waals surface area contributed by atoms with Gasteiger partial charge in [0, 0.05) is 12.1 Å². The SMILES string of the molecule is CC(Cc1ccsc1)N[C@@H]1CCC[C@H]1O. The molecule has 3 atom stereocenters. The first-order valence-electron chi connectivity index (χ1n) is 5.71. The number of rotatable bonds is 4. The summed E-state index contributed by atoms with van der Waals surface area (Å²) in [5.74, 6) is 0. The Kier molecular flexibility index (Phi) is 3.78. The number of thiophene rings is 1. The second kappa shape index (κ2) is 5.10. The van der Waals surface area contributed by atoms with Crippen LogP contribution in [-0.4, -0.2) is 23.3 Å². The van der Waals surface area contributed by atoms with Gasteiger partial charge in [-0.1, -0.05) is 0 Å². The summed E-state index contributed by atoms with van der Waals surface area (Å²) in [5, 5.41) is 17.5. The predicted octanol–water partition coefficient (Wildman–Crippen LogP) is 2.18. The number of hydrogen-bond donors (Lipinski definition) is 2. The smallest absolute Gasteiger partial charge is 0.0693 e. The molecule has 0 aromatic carbocycles. The maximum absolute atomic E-state index is 9.70. The molecule has 0 saturated heterocycles. The Morgan fingerprint density at radius 2 is 2.47 bits per heavy atom.